The minimum atomic E-state index is -2.54. The van der Waals surface area contributed by atoms with Gasteiger partial charge in [0, 0.05) is 32.4 Å². The summed E-state index contributed by atoms with van der Waals surface area (Å²) in [6.07, 6.45) is 2.93. The zero-order chi connectivity index (χ0) is 18.0. The Morgan fingerprint density at radius 1 is 1.22 bits per heavy atom. The number of rotatable bonds is 12. The number of hydrogen-bond acceptors (Lipinski definition) is 6. The van der Waals surface area contributed by atoms with Crippen LogP contribution in [0.15, 0.2) is 4.99 Å². The third-order valence-electron chi connectivity index (χ3n) is 2.39. The third kappa shape index (κ3) is 15.4. The number of primary amides is 1. The number of carbonyl (C=O) groups is 1. The van der Waals surface area contributed by atoms with Crippen LogP contribution in [-0.4, -0.2) is 53.8 Å². The zero-order valence-electron chi connectivity index (χ0n) is 14.4. The largest absolute Gasteiger partial charge is 0.500 e. The number of nitrogens with one attached hydrogen (secondary N) is 1. The fraction of sp³-hybridized carbons (Fsp3) is 0.786. The lowest BCUT2D eigenvalue weighted by molar-refractivity contribution is 0.0710. The molecule has 0 heterocycles. The van der Waals surface area contributed by atoms with Crippen molar-refractivity contribution in [3.05, 3.63) is 6.92 Å². The van der Waals surface area contributed by atoms with E-state index < -0.39 is 14.8 Å². The van der Waals surface area contributed by atoms with Gasteiger partial charge in [0.15, 0.2) is 0 Å². The molecule has 0 saturated heterocycles. The van der Waals surface area contributed by atoms with Crippen LogP contribution in [0.2, 0.25) is 6.04 Å². The first kappa shape index (κ1) is 24.0. The Hall–Kier alpha value is -1.25. The summed E-state index contributed by atoms with van der Waals surface area (Å²) in [7, 11) is -2.54. The number of nitrogens with two attached hydrogens (primary N) is 1. The maximum absolute atomic E-state index is 9.93. The Kier molecular flexibility index (Phi) is 17.9. The van der Waals surface area contributed by atoms with Crippen LogP contribution in [0.5, 0.6) is 0 Å². The first-order chi connectivity index (χ1) is 11.0. The van der Waals surface area contributed by atoms with E-state index in [9.17, 15) is 9.59 Å². The summed E-state index contributed by atoms with van der Waals surface area (Å²) in [5.74, 6) is 0. The first-order valence-corrected chi connectivity index (χ1v) is 9.73. The molecule has 23 heavy (non-hydrogen) atoms. The molecule has 0 rings (SSSR count). The number of carbonyl (C=O) groups excluding carboxylic acids is 2. The average molecular weight is 348 g/mol. The molecule has 8 nitrogen and oxygen atoms in total. The zero-order valence-corrected chi connectivity index (χ0v) is 15.4. The Morgan fingerprint density at radius 3 is 2.04 bits per heavy atom. The minimum absolute atomic E-state index is 0.450. The van der Waals surface area contributed by atoms with Crippen LogP contribution in [0.25, 0.3) is 0 Å². The summed E-state index contributed by atoms with van der Waals surface area (Å²) >= 11 is 0. The molecule has 0 aromatic carbocycles. The smallest absolute Gasteiger partial charge is 0.374 e. The quantitative estimate of drug-likeness (QED) is 0.241. The number of isocyanates is 1. The summed E-state index contributed by atoms with van der Waals surface area (Å²) in [6, 6.07) is 0.205. The molecule has 135 valence electrons. The van der Waals surface area contributed by atoms with E-state index in [1.165, 1.54) is 6.08 Å². The Morgan fingerprint density at radius 2 is 1.74 bits per heavy atom. The summed E-state index contributed by atoms with van der Waals surface area (Å²) in [5, 5.41) is 2.37. The Labute approximate surface area is 140 Å². The summed E-state index contributed by atoms with van der Waals surface area (Å²) in [6.45, 7) is 12.0. The maximum Gasteiger partial charge on any atom is 0.500 e. The molecule has 1 radical (unpaired) electrons. The Balaban J connectivity index is 0. The van der Waals surface area contributed by atoms with Gasteiger partial charge in [0.05, 0.1) is 6.54 Å². The molecule has 0 bridgehead atoms. The highest BCUT2D eigenvalue weighted by Crippen LogP contribution is 2.17. The normalized spacial score (nSPS) is 10.3. The maximum atomic E-state index is 9.93. The third-order valence-corrected chi connectivity index (χ3v) is 5.54. The molecule has 0 spiro atoms. The number of urea groups is 1. The van der Waals surface area contributed by atoms with Gasteiger partial charge in [0.1, 0.15) is 0 Å². The van der Waals surface area contributed by atoms with Gasteiger partial charge in [-0.25, -0.2) is 14.6 Å². The lowest BCUT2D eigenvalue weighted by atomic mass is 10.5. The van der Waals surface area contributed by atoms with Crippen LogP contribution in [0.4, 0.5) is 4.79 Å². The minimum Gasteiger partial charge on any atom is -0.374 e. The molecule has 0 aromatic rings. The van der Waals surface area contributed by atoms with Crippen LogP contribution in [0, 0.1) is 6.92 Å². The van der Waals surface area contributed by atoms with Crippen LogP contribution in [-0.2, 0) is 18.1 Å². The second-order valence-corrected chi connectivity index (χ2v) is 6.94. The molecule has 0 fully saturated rings. The van der Waals surface area contributed by atoms with E-state index in [0.29, 0.717) is 45.4 Å². The number of aliphatic imine (C=N–C) groups is 1. The molecule has 0 atom stereocenters. The predicted octanol–water partition coefficient (Wildman–Crippen LogP) is 1.64. The van der Waals surface area contributed by atoms with Crippen molar-refractivity contribution in [2.75, 3.05) is 32.9 Å². The van der Waals surface area contributed by atoms with Gasteiger partial charge < -0.3 is 24.3 Å². The summed E-state index contributed by atoms with van der Waals surface area (Å²) < 4.78 is 16.9. The van der Waals surface area contributed by atoms with E-state index in [2.05, 4.69) is 17.2 Å². The summed E-state index contributed by atoms with van der Waals surface area (Å²) in [5.41, 5.74) is 4.70. The number of amides is 2. The van der Waals surface area contributed by atoms with Crippen LogP contribution in [0.1, 0.15) is 33.6 Å². The highest BCUT2D eigenvalue weighted by molar-refractivity contribution is 6.60. The fourth-order valence-electron chi connectivity index (χ4n) is 1.63. The lowest BCUT2D eigenvalue weighted by Crippen LogP contribution is -2.46. The molecular weight excluding hydrogens is 318 g/mol. The van der Waals surface area contributed by atoms with E-state index in [-0.39, 0.29) is 0 Å². The Bertz CT molecular complexity index is 321. The molecule has 0 aromatic heterocycles. The van der Waals surface area contributed by atoms with Crippen LogP contribution in [0.3, 0.4) is 0 Å². The van der Waals surface area contributed by atoms with Crippen molar-refractivity contribution in [3.8, 4) is 0 Å². The molecule has 0 saturated carbocycles. The molecule has 9 heteroatoms. The lowest BCUT2D eigenvalue weighted by Gasteiger charge is -2.28. The summed E-state index contributed by atoms with van der Waals surface area (Å²) in [4.78, 5) is 23.3. The SMILES string of the molecule is CCO[Si](CCCN=C=O)(OCC)OCC.[CH2]CCNC(N)=O. The van der Waals surface area contributed by atoms with Gasteiger partial charge in [-0.1, -0.05) is 6.92 Å². The van der Waals surface area contributed by atoms with Gasteiger partial charge in [0.25, 0.3) is 0 Å². The monoisotopic (exact) mass is 348 g/mol. The van der Waals surface area contributed by atoms with Gasteiger partial charge >= 0.3 is 14.8 Å². The molecule has 0 aliphatic carbocycles. The second kappa shape index (κ2) is 17.1. The van der Waals surface area contributed by atoms with E-state index in [1.807, 2.05) is 20.8 Å². The standard InChI is InChI=1S/C10H21NO4Si.C4H9N2O/c1-4-13-16(14-5-2,15-6-3)9-7-8-11-10-12;1-2-3-6-4(5)7/h4-9H2,1-3H3;1-3H2,(H3,5,6,7). The van der Waals surface area contributed by atoms with Gasteiger partial charge in [-0.3, -0.25) is 0 Å². The number of hydrogen-bond donors (Lipinski definition) is 2. The van der Waals surface area contributed by atoms with Crippen LogP contribution < -0.4 is 11.1 Å². The molecule has 2 amide bonds. The molecule has 0 aliphatic rings. The van der Waals surface area contributed by atoms with E-state index in [4.69, 9.17) is 19.0 Å². The highest BCUT2D eigenvalue weighted by Gasteiger charge is 2.39. The van der Waals surface area contributed by atoms with Gasteiger partial charge in [-0.2, -0.15) is 0 Å². The van der Waals surface area contributed by atoms with E-state index in [1.54, 1.807) is 0 Å². The van der Waals surface area contributed by atoms with Crippen molar-refractivity contribution in [2.24, 2.45) is 10.7 Å². The molecule has 3 N–H and O–H groups in total. The van der Waals surface area contributed by atoms with Crippen molar-refractivity contribution in [1.29, 1.82) is 0 Å². The number of nitrogens with zero attached hydrogens (tertiary/aromatic N) is 1. The topological polar surface area (TPSA) is 112 Å². The van der Waals surface area contributed by atoms with Crippen molar-refractivity contribution < 1.29 is 22.9 Å². The van der Waals surface area contributed by atoms with E-state index in [0.717, 1.165) is 6.42 Å². The fourth-order valence-corrected chi connectivity index (χ4v) is 4.23. The van der Waals surface area contributed by atoms with E-state index >= 15 is 0 Å². The van der Waals surface area contributed by atoms with Gasteiger partial charge in [-0.15, -0.1) is 0 Å². The average Bonchev–Trinajstić information content (AvgIpc) is 2.51. The van der Waals surface area contributed by atoms with Gasteiger partial charge in [0.2, 0.25) is 6.08 Å². The predicted molar refractivity (Wildman–Crippen MR) is 90.6 cm³/mol. The molecule has 0 aliphatic heterocycles. The van der Waals surface area contributed by atoms with Crippen molar-refractivity contribution >= 4 is 20.9 Å². The molecular formula is C14H30N3O5Si. The van der Waals surface area contributed by atoms with Crippen molar-refractivity contribution in [1.82, 2.24) is 5.32 Å². The molecule has 0 unspecified atom stereocenters. The van der Waals surface area contributed by atoms with Crippen molar-refractivity contribution in [3.63, 3.8) is 0 Å². The second-order valence-electron chi connectivity index (χ2n) is 4.20. The van der Waals surface area contributed by atoms with Gasteiger partial charge in [-0.05, 0) is 33.6 Å². The first-order valence-electron chi connectivity index (χ1n) is 7.79. The van der Waals surface area contributed by atoms with Crippen molar-refractivity contribution in [2.45, 2.75) is 39.7 Å². The highest BCUT2D eigenvalue weighted by atomic mass is 28.4. The van der Waals surface area contributed by atoms with Crippen LogP contribution >= 0.6 is 0 Å².